The zero-order valence-corrected chi connectivity index (χ0v) is 16.4. The van der Waals surface area contributed by atoms with E-state index in [2.05, 4.69) is 15.1 Å². The Labute approximate surface area is 170 Å². The van der Waals surface area contributed by atoms with Crippen LogP contribution in [0.15, 0.2) is 50.7 Å². The molecule has 0 aliphatic heterocycles. The van der Waals surface area contributed by atoms with Crippen molar-refractivity contribution in [1.82, 2.24) is 28.9 Å². The summed E-state index contributed by atoms with van der Waals surface area (Å²) in [6.45, 7) is 0.00666. The second-order valence-electron chi connectivity index (χ2n) is 7.99. The Morgan fingerprint density at radius 3 is 2.90 bits per heavy atom. The summed E-state index contributed by atoms with van der Waals surface area (Å²) in [5, 5.41) is 4.34. The Morgan fingerprint density at radius 1 is 1.23 bits per heavy atom. The first-order chi connectivity index (χ1) is 14.5. The first kappa shape index (κ1) is 18.7. The number of hydrogen-bond donors (Lipinski definition) is 0. The van der Waals surface area contributed by atoms with Crippen molar-refractivity contribution in [3.05, 3.63) is 63.5 Å². The topological polar surface area (TPSA) is 101 Å². The third-order valence-electron chi connectivity index (χ3n) is 6.07. The molecule has 0 amide bonds. The minimum atomic E-state index is -0.538. The van der Waals surface area contributed by atoms with Crippen LogP contribution in [0.25, 0.3) is 11.2 Å². The van der Waals surface area contributed by atoms with Crippen LogP contribution in [0.5, 0.6) is 0 Å². The van der Waals surface area contributed by atoms with Crippen molar-refractivity contribution in [1.29, 1.82) is 0 Å². The molecule has 2 aliphatic rings. The van der Waals surface area contributed by atoms with Crippen LogP contribution in [0.1, 0.15) is 37.6 Å². The standard InChI is InChI=1S/C20H21FN6O3/c1-25-10-22-18-17(25)19(28)26(11-23-18)9-16-24-27(20(29)30-16)15-6-5-13(8-15)12-3-2-4-14(21)7-12/h2,4,7,10-13,15H,3,5-6,8-9H2,1H3/t12?,13-,15-/m1/s1. The van der Waals surface area contributed by atoms with Gasteiger partial charge in [0.05, 0.1) is 12.4 Å². The smallest absolute Gasteiger partial charge is 0.390 e. The van der Waals surface area contributed by atoms with Crippen LogP contribution in [-0.2, 0) is 13.6 Å². The molecule has 10 heteroatoms. The molecule has 3 aromatic heterocycles. The molecule has 9 nitrogen and oxygen atoms in total. The second-order valence-corrected chi connectivity index (χ2v) is 7.99. The Balaban J connectivity index is 1.35. The fraction of sp³-hybridized carbons (Fsp3) is 0.450. The molecule has 0 aromatic carbocycles. The van der Waals surface area contributed by atoms with Gasteiger partial charge in [0.15, 0.2) is 11.2 Å². The normalized spacial score (nSPS) is 23.9. The lowest BCUT2D eigenvalue weighted by Crippen LogP contribution is -2.23. The molecule has 0 radical (unpaired) electrons. The number of fused-ring (bicyclic) bond motifs is 1. The van der Waals surface area contributed by atoms with Gasteiger partial charge in [-0.25, -0.2) is 19.2 Å². The molecule has 2 aliphatic carbocycles. The Morgan fingerprint density at radius 2 is 2.07 bits per heavy atom. The first-order valence-electron chi connectivity index (χ1n) is 9.98. The van der Waals surface area contributed by atoms with Crippen molar-refractivity contribution in [2.75, 3.05) is 0 Å². The Kier molecular flexibility index (Phi) is 4.48. The zero-order chi connectivity index (χ0) is 20.8. The lowest BCUT2D eigenvalue weighted by atomic mass is 9.85. The minimum Gasteiger partial charge on any atom is -0.390 e. The molecule has 0 spiro atoms. The quantitative estimate of drug-likeness (QED) is 0.651. The fourth-order valence-electron chi connectivity index (χ4n) is 4.55. The van der Waals surface area contributed by atoms with E-state index in [4.69, 9.17) is 4.42 Å². The largest absolute Gasteiger partial charge is 0.437 e. The molecule has 1 saturated carbocycles. The van der Waals surface area contributed by atoms with E-state index in [1.807, 2.05) is 6.08 Å². The van der Waals surface area contributed by atoms with Gasteiger partial charge in [0.2, 0.25) is 5.89 Å². The van der Waals surface area contributed by atoms with Crippen molar-refractivity contribution in [2.45, 2.75) is 38.3 Å². The van der Waals surface area contributed by atoms with Gasteiger partial charge in [-0.1, -0.05) is 6.08 Å². The van der Waals surface area contributed by atoms with Crippen molar-refractivity contribution in [3.8, 4) is 0 Å². The fourth-order valence-corrected chi connectivity index (χ4v) is 4.55. The predicted molar refractivity (Wildman–Crippen MR) is 105 cm³/mol. The summed E-state index contributed by atoms with van der Waals surface area (Å²) >= 11 is 0. The number of aromatic nitrogens is 6. The maximum atomic E-state index is 13.6. The van der Waals surface area contributed by atoms with Gasteiger partial charge in [0.1, 0.15) is 18.7 Å². The molecule has 0 saturated heterocycles. The van der Waals surface area contributed by atoms with Gasteiger partial charge in [-0.05, 0) is 49.7 Å². The molecule has 0 bridgehead atoms. The number of nitrogens with zero attached hydrogens (tertiary/aromatic N) is 6. The summed E-state index contributed by atoms with van der Waals surface area (Å²) in [5.41, 5.74) is 0.461. The monoisotopic (exact) mass is 412 g/mol. The van der Waals surface area contributed by atoms with Crippen LogP contribution in [-0.4, -0.2) is 28.9 Å². The van der Waals surface area contributed by atoms with Crippen LogP contribution >= 0.6 is 0 Å². The van der Waals surface area contributed by atoms with Crippen LogP contribution < -0.4 is 11.3 Å². The molecule has 3 aromatic rings. The second kappa shape index (κ2) is 7.19. The molecular formula is C20H21FN6O3. The summed E-state index contributed by atoms with van der Waals surface area (Å²) < 4.78 is 23.2. The summed E-state index contributed by atoms with van der Waals surface area (Å²) in [4.78, 5) is 33.3. The highest BCUT2D eigenvalue weighted by Gasteiger charge is 2.33. The number of halogens is 1. The van der Waals surface area contributed by atoms with Crippen molar-refractivity contribution in [2.24, 2.45) is 18.9 Å². The predicted octanol–water partition coefficient (Wildman–Crippen LogP) is 2.10. The maximum Gasteiger partial charge on any atom is 0.437 e. The van der Waals surface area contributed by atoms with Crippen molar-refractivity contribution in [3.63, 3.8) is 0 Å². The molecule has 30 heavy (non-hydrogen) atoms. The summed E-state index contributed by atoms with van der Waals surface area (Å²) in [7, 11) is 1.72. The average molecular weight is 412 g/mol. The zero-order valence-electron chi connectivity index (χ0n) is 16.4. The maximum absolute atomic E-state index is 13.6. The number of rotatable bonds is 4. The third-order valence-corrected chi connectivity index (χ3v) is 6.07. The van der Waals surface area contributed by atoms with E-state index < -0.39 is 5.76 Å². The van der Waals surface area contributed by atoms with Gasteiger partial charge < -0.3 is 8.98 Å². The van der Waals surface area contributed by atoms with E-state index in [1.54, 1.807) is 17.7 Å². The molecule has 1 fully saturated rings. The minimum absolute atomic E-state index is 0.00666. The van der Waals surface area contributed by atoms with E-state index in [-0.39, 0.29) is 35.8 Å². The molecule has 3 heterocycles. The number of hydrogen-bond acceptors (Lipinski definition) is 6. The van der Waals surface area contributed by atoms with Crippen molar-refractivity contribution >= 4 is 11.2 Å². The molecule has 3 atom stereocenters. The van der Waals surface area contributed by atoms with E-state index in [9.17, 15) is 14.0 Å². The Bertz CT molecular complexity index is 1280. The number of imidazole rings is 1. The highest BCUT2D eigenvalue weighted by molar-refractivity contribution is 5.68. The van der Waals surface area contributed by atoms with Crippen LogP contribution in [0.2, 0.25) is 0 Å². The average Bonchev–Trinajstić information content (AvgIpc) is 3.43. The van der Waals surface area contributed by atoms with E-state index in [1.165, 1.54) is 28.0 Å². The molecule has 5 rings (SSSR count). The van der Waals surface area contributed by atoms with E-state index >= 15 is 0 Å². The third kappa shape index (κ3) is 3.21. The first-order valence-corrected chi connectivity index (χ1v) is 9.98. The van der Waals surface area contributed by atoms with Crippen LogP contribution in [0, 0.1) is 11.8 Å². The van der Waals surface area contributed by atoms with Gasteiger partial charge in [0, 0.05) is 7.05 Å². The van der Waals surface area contributed by atoms with Gasteiger partial charge >= 0.3 is 5.76 Å². The van der Waals surface area contributed by atoms with Gasteiger partial charge in [-0.2, -0.15) is 4.68 Å². The lowest BCUT2D eigenvalue weighted by molar-refractivity contribution is 0.357. The van der Waals surface area contributed by atoms with E-state index in [0.29, 0.717) is 17.1 Å². The SMILES string of the molecule is Cn1cnc2ncn(Cc3nn([C@@H]4CC[C@@H](C5C=C(F)C=CC5)C4)c(=O)o3)c(=O)c21. The molecule has 156 valence electrons. The van der Waals surface area contributed by atoms with Gasteiger partial charge in [-0.3, -0.25) is 9.36 Å². The summed E-state index contributed by atoms with van der Waals surface area (Å²) in [5.74, 6) is -0.127. The van der Waals surface area contributed by atoms with Crippen LogP contribution in [0.3, 0.4) is 0 Å². The summed E-state index contributed by atoms with van der Waals surface area (Å²) in [6, 6.07) is -0.0863. The Hall–Kier alpha value is -3.30. The van der Waals surface area contributed by atoms with Gasteiger partial charge in [-0.15, -0.1) is 5.10 Å². The van der Waals surface area contributed by atoms with Gasteiger partial charge in [0.25, 0.3) is 5.56 Å². The van der Waals surface area contributed by atoms with Crippen molar-refractivity contribution < 1.29 is 8.81 Å². The summed E-state index contributed by atoms with van der Waals surface area (Å²) in [6.07, 6.45) is 11.2. The lowest BCUT2D eigenvalue weighted by Gasteiger charge is -2.21. The van der Waals surface area contributed by atoms with E-state index in [0.717, 1.165) is 25.7 Å². The number of allylic oxidation sites excluding steroid dienone is 4. The molecular weight excluding hydrogens is 391 g/mol. The number of aryl methyl sites for hydroxylation is 1. The highest BCUT2D eigenvalue weighted by Crippen LogP contribution is 2.41. The van der Waals surface area contributed by atoms with Crippen LogP contribution in [0.4, 0.5) is 4.39 Å². The highest BCUT2D eigenvalue weighted by atomic mass is 19.1. The molecule has 0 N–H and O–H groups in total. The molecule has 1 unspecified atom stereocenters.